The molecular formula is C9H17O2P. The number of aliphatic hydroxyl groups excluding tert-OH is 2. The third-order valence-corrected chi connectivity index (χ3v) is 3.66. The summed E-state index contributed by atoms with van der Waals surface area (Å²) < 4.78 is 0. The first-order valence-electron chi connectivity index (χ1n) is 4.04. The SMILES string of the molecule is CC(C)P(/C=C/CO)/C=C/CO. The van der Waals surface area contributed by atoms with Crippen molar-refractivity contribution >= 4 is 7.92 Å². The van der Waals surface area contributed by atoms with Gasteiger partial charge in [0, 0.05) is 0 Å². The van der Waals surface area contributed by atoms with Crippen molar-refractivity contribution in [1.82, 2.24) is 0 Å². The van der Waals surface area contributed by atoms with Crippen LogP contribution in [0.1, 0.15) is 13.8 Å². The fourth-order valence-electron chi connectivity index (χ4n) is 0.732. The number of rotatable bonds is 5. The van der Waals surface area contributed by atoms with Gasteiger partial charge < -0.3 is 10.2 Å². The molecule has 12 heavy (non-hydrogen) atoms. The van der Waals surface area contributed by atoms with E-state index in [1.165, 1.54) is 0 Å². The zero-order valence-corrected chi connectivity index (χ0v) is 8.54. The van der Waals surface area contributed by atoms with Crippen LogP contribution in [0.15, 0.2) is 23.8 Å². The summed E-state index contributed by atoms with van der Waals surface area (Å²) >= 11 is 0. The summed E-state index contributed by atoms with van der Waals surface area (Å²) in [6.07, 6.45) is 3.51. The predicted octanol–water partition coefficient (Wildman–Crippen LogP) is 1.89. The Labute approximate surface area is 75.4 Å². The quantitative estimate of drug-likeness (QED) is 0.647. The molecule has 2 N–H and O–H groups in total. The van der Waals surface area contributed by atoms with Crippen LogP contribution in [0, 0.1) is 0 Å². The molecule has 2 nitrogen and oxygen atoms in total. The molecule has 0 aliphatic heterocycles. The van der Waals surface area contributed by atoms with Crippen molar-refractivity contribution < 1.29 is 10.2 Å². The van der Waals surface area contributed by atoms with Crippen LogP contribution in [0.25, 0.3) is 0 Å². The Morgan fingerprint density at radius 2 is 1.50 bits per heavy atom. The monoisotopic (exact) mass is 188 g/mol. The zero-order valence-electron chi connectivity index (χ0n) is 7.64. The molecule has 0 spiro atoms. The summed E-state index contributed by atoms with van der Waals surface area (Å²) in [7, 11) is -0.313. The Bertz CT molecular complexity index is 139. The van der Waals surface area contributed by atoms with E-state index in [1.807, 2.05) is 11.6 Å². The first-order valence-corrected chi connectivity index (χ1v) is 5.59. The average Bonchev–Trinajstić information content (AvgIpc) is 2.04. The van der Waals surface area contributed by atoms with Crippen molar-refractivity contribution in [1.29, 1.82) is 0 Å². The van der Waals surface area contributed by atoms with Gasteiger partial charge in [0.25, 0.3) is 0 Å². The van der Waals surface area contributed by atoms with Crippen LogP contribution in [-0.4, -0.2) is 29.1 Å². The van der Waals surface area contributed by atoms with Crippen LogP contribution in [0.3, 0.4) is 0 Å². The minimum Gasteiger partial charge on any atom is -0.392 e. The van der Waals surface area contributed by atoms with E-state index in [1.54, 1.807) is 12.2 Å². The topological polar surface area (TPSA) is 40.5 Å². The van der Waals surface area contributed by atoms with Gasteiger partial charge in [0.15, 0.2) is 0 Å². The maximum absolute atomic E-state index is 8.57. The van der Waals surface area contributed by atoms with Crippen molar-refractivity contribution in [2.75, 3.05) is 13.2 Å². The summed E-state index contributed by atoms with van der Waals surface area (Å²) in [5, 5.41) is 17.1. The Kier molecular flexibility index (Phi) is 7.37. The van der Waals surface area contributed by atoms with E-state index < -0.39 is 0 Å². The third-order valence-electron chi connectivity index (χ3n) is 1.36. The van der Waals surface area contributed by atoms with Gasteiger partial charge in [-0.2, -0.15) is 0 Å². The fraction of sp³-hybridized carbons (Fsp3) is 0.556. The maximum Gasteiger partial charge on any atom is 0.0615 e. The first-order chi connectivity index (χ1) is 5.72. The van der Waals surface area contributed by atoms with Gasteiger partial charge in [-0.15, -0.1) is 0 Å². The van der Waals surface area contributed by atoms with E-state index in [4.69, 9.17) is 10.2 Å². The van der Waals surface area contributed by atoms with Crippen LogP contribution < -0.4 is 0 Å². The highest BCUT2D eigenvalue weighted by molar-refractivity contribution is 7.64. The third kappa shape index (κ3) is 5.48. The van der Waals surface area contributed by atoms with Crippen LogP contribution in [0.5, 0.6) is 0 Å². The normalized spacial score (nSPS) is 12.8. The lowest BCUT2D eigenvalue weighted by Crippen LogP contribution is -1.88. The molecule has 0 saturated heterocycles. The molecule has 70 valence electrons. The second kappa shape index (κ2) is 7.48. The number of aliphatic hydroxyl groups is 2. The molecule has 0 unspecified atom stereocenters. The van der Waals surface area contributed by atoms with E-state index in [-0.39, 0.29) is 21.1 Å². The molecule has 0 bridgehead atoms. The van der Waals surface area contributed by atoms with Crippen molar-refractivity contribution in [3.8, 4) is 0 Å². The number of hydrogen-bond acceptors (Lipinski definition) is 2. The molecule has 0 aromatic carbocycles. The molecule has 0 aromatic rings. The van der Waals surface area contributed by atoms with Crippen molar-refractivity contribution in [2.45, 2.75) is 19.5 Å². The van der Waals surface area contributed by atoms with Gasteiger partial charge >= 0.3 is 0 Å². The molecule has 0 atom stereocenters. The molecule has 0 rings (SSSR count). The van der Waals surface area contributed by atoms with Gasteiger partial charge in [-0.1, -0.05) is 45.6 Å². The minimum atomic E-state index is -0.313. The summed E-state index contributed by atoms with van der Waals surface area (Å²) in [6.45, 7) is 4.46. The first kappa shape index (κ1) is 11.8. The van der Waals surface area contributed by atoms with Crippen molar-refractivity contribution in [3.63, 3.8) is 0 Å². The van der Waals surface area contributed by atoms with E-state index in [0.717, 1.165) is 0 Å². The summed E-state index contributed by atoms with van der Waals surface area (Å²) in [5.74, 6) is 4.04. The number of hydrogen-bond donors (Lipinski definition) is 2. The summed E-state index contributed by atoms with van der Waals surface area (Å²) in [5.41, 5.74) is 0.561. The van der Waals surface area contributed by atoms with Crippen molar-refractivity contribution in [2.24, 2.45) is 0 Å². The minimum absolute atomic E-state index is 0.0958. The van der Waals surface area contributed by atoms with Crippen LogP contribution >= 0.6 is 7.92 Å². The van der Waals surface area contributed by atoms with Gasteiger partial charge in [-0.3, -0.25) is 0 Å². The highest BCUT2D eigenvalue weighted by atomic mass is 31.1. The Morgan fingerprint density at radius 1 is 1.08 bits per heavy atom. The second-order valence-electron chi connectivity index (χ2n) is 2.68. The lowest BCUT2D eigenvalue weighted by molar-refractivity contribution is 0.343. The van der Waals surface area contributed by atoms with Gasteiger partial charge in [0.2, 0.25) is 0 Å². The fourth-order valence-corrected chi connectivity index (χ4v) is 2.20. The lowest BCUT2D eigenvalue weighted by Gasteiger charge is -2.12. The molecule has 0 heterocycles. The van der Waals surface area contributed by atoms with Gasteiger partial charge in [0.1, 0.15) is 0 Å². The Morgan fingerprint density at radius 3 is 1.75 bits per heavy atom. The summed E-state index contributed by atoms with van der Waals surface area (Å²) in [6, 6.07) is 0. The Hall–Kier alpha value is -0.170. The molecule has 3 heteroatoms. The average molecular weight is 188 g/mol. The van der Waals surface area contributed by atoms with Gasteiger partial charge in [-0.25, -0.2) is 0 Å². The van der Waals surface area contributed by atoms with E-state index >= 15 is 0 Å². The van der Waals surface area contributed by atoms with E-state index in [2.05, 4.69) is 13.8 Å². The molecular weight excluding hydrogens is 171 g/mol. The molecule has 0 radical (unpaired) electrons. The highest BCUT2D eigenvalue weighted by Gasteiger charge is 2.03. The molecule has 0 aromatic heterocycles. The van der Waals surface area contributed by atoms with Crippen LogP contribution in [0.2, 0.25) is 0 Å². The Balaban J connectivity index is 4.04. The van der Waals surface area contributed by atoms with Gasteiger partial charge in [0.05, 0.1) is 13.2 Å². The molecule has 0 aliphatic rings. The largest absolute Gasteiger partial charge is 0.392 e. The molecule has 0 amide bonds. The van der Waals surface area contributed by atoms with Gasteiger partial charge in [-0.05, 0) is 5.66 Å². The summed E-state index contributed by atoms with van der Waals surface area (Å²) in [4.78, 5) is 0. The maximum atomic E-state index is 8.57. The second-order valence-corrected chi connectivity index (χ2v) is 5.20. The predicted molar refractivity (Wildman–Crippen MR) is 54.5 cm³/mol. The molecule has 0 saturated carbocycles. The van der Waals surface area contributed by atoms with E-state index in [9.17, 15) is 0 Å². The standard InChI is InChI=1S/C9H17O2P/c1-9(2)12(7-3-5-10)8-4-6-11/h3-4,7-11H,5-6H2,1-2H3/b7-3+,8-4+. The van der Waals surface area contributed by atoms with Crippen molar-refractivity contribution in [3.05, 3.63) is 23.8 Å². The van der Waals surface area contributed by atoms with Crippen LogP contribution in [0.4, 0.5) is 0 Å². The molecule has 0 aliphatic carbocycles. The lowest BCUT2D eigenvalue weighted by atomic mass is 10.6. The molecule has 0 fully saturated rings. The van der Waals surface area contributed by atoms with Crippen LogP contribution in [-0.2, 0) is 0 Å². The smallest absolute Gasteiger partial charge is 0.0615 e. The zero-order chi connectivity index (χ0) is 9.40. The van der Waals surface area contributed by atoms with E-state index in [0.29, 0.717) is 5.66 Å². The highest BCUT2D eigenvalue weighted by Crippen LogP contribution is 2.43.